The molecule has 0 heterocycles. The van der Waals surface area contributed by atoms with Gasteiger partial charge in [0.25, 0.3) is 0 Å². The predicted octanol–water partition coefficient (Wildman–Crippen LogP) is 4.16. The van der Waals surface area contributed by atoms with E-state index in [1.54, 1.807) is 0 Å². The quantitative estimate of drug-likeness (QED) is 0.555. The monoisotopic (exact) mass is 372 g/mol. The predicted molar refractivity (Wildman–Crippen MR) is 112 cm³/mol. The Hall–Kier alpha value is -3.40. The lowest BCUT2D eigenvalue weighted by molar-refractivity contribution is -0.122. The minimum absolute atomic E-state index is 0.136. The van der Waals surface area contributed by atoms with Crippen LogP contribution in [0.5, 0.6) is 0 Å². The van der Waals surface area contributed by atoms with Crippen molar-refractivity contribution in [1.82, 2.24) is 5.32 Å². The van der Waals surface area contributed by atoms with Crippen LogP contribution in [-0.2, 0) is 16.0 Å². The van der Waals surface area contributed by atoms with Crippen LogP contribution in [0.3, 0.4) is 0 Å². The summed E-state index contributed by atoms with van der Waals surface area (Å²) in [6, 6.07) is 28.3. The maximum atomic E-state index is 13.1. The molecular formula is C24H24N2O2. The molecule has 0 aromatic heterocycles. The molecule has 0 unspecified atom stereocenters. The average Bonchev–Trinajstić information content (AvgIpc) is 2.75. The van der Waals surface area contributed by atoms with E-state index in [-0.39, 0.29) is 18.4 Å². The van der Waals surface area contributed by atoms with Crippen molar-refractivity contribution in [3.8, 4) is 0 Å². The van der Waals surface area contributed by atoms with Crippen molar-refractivity contribution in [1.29, 1.82) is 0 Å². The van der Waals surface area contributed by atoms with Gasteiger partial charge in [0.1, 0.15) is 12.3 Å². The molecule has 0 aliphatic heterocycles. The lowest BCUT2D eigenvalue weighted by atomic mass is 10.0. The van der Waals surface area contributed by atoms with E-state index in [0.717, 1.165) is 23.1 Å². The molecule has 3 aromatic rings. The normalized spacial score (nSPS) is 12.6. The van der Waals surface area contributed by atoms with Gasteiger partial charge < -0.3 is 15.4 Å². The van der Waals surface area contributed by atoms with E-state index in [1.165, 1.54) is 0 Å². The number of para-hydroxylation sites is 1. The molecule has 0 aliphatic rings. The second-order valence-electron chi connectivity index (χ2n) is 6.63. The number of rotatable bonds is 9. The van der Waals surface area contributed by atoms with Gasteiger partial charge in [-0.3, -0.25) is 4.79 Å². The molecule has 142 valence electrons. The van der Waals surface area contributed by atoms with Crippen molar-refractivity contribution >= 4 is 17.9 Å². The van der Waals surface area contributed by atoms with Gasteiger partial charge in [-0.05, 0) is 23.3 Å². The first-order valence-electron chi connectivity index (χ1n) is 9.40. The largest absolute Gasteiger partial charge is 0.373 e. The maximum absolute atomic E-state index is 13.1. The van der Waals surface area contributed by atoms with E-state index in [0.29, 0.717) is 6.42 Å². The van der Waals surface area contributed by atoms with Gasteiger partial charge in [-0.1, -0.05) is 78.9 Å². The van der Waals surface area contributed by atoms with Gasteiger partial charge in [-0.15, -0.1) is 0 Å². The number of anilines is 1. The van der Waals surface area contributed by atoms with E-state index in [4.69, 9.17) is 0 Å². The fourth-order valence-corrected chi connectivity index (χ4v) is 3.13. The zero-order valence-electron chi connectivity index (χ0n) is 15.6. The second kappa shape index (κ2) is 10.1. The summed E-state index contributed by atoms with van der Waals surface area (Å²) in [6.07, 6.45) is 1.62. The maximum Gasteiger partial charge on any atom is 0.243 e. The first-order chi connectivity index (χ1) is 13.8. The van der Waals surface area contributed by atoms with Gasteiger partial charge >= 0.3 is 0 Å². The Balaban J connectivity index is 1.79. The molecule has 28 heavy (non-hydrogen) atoms. The molecule has 0 radical (unpaired) electrons. The number of aldehydes is 1. The summed E-state index contributed by atoms with van der Waals surface area (Å²) in [6.45, 7) is 0. The van der Waals surface area contributed by atoms with Gasteiger partial charge in [-0.2, -0.15) is 0 Å². The topological polar surface area (TPSA) is 58.2 Å². The molecule has 4 heteroatoms. The molecule has 2 N–H and O–H groups in total. The number of carbonyl (C=O) groups excluding carboxylic acids is 2. The van der Waals surface area contributed by atoms with Crippen LogP contribution < -0.4 is 10.6 Å². The van der Waals surface area contributed by atoms with Crippen molar-refractivity contribution < 1.29 is 9.59 Å². The number of nitrogens with one attached hydrogen (secondary N) is 2. The van der Waals surface area contributed by atoms with E-state index < -0.39 is 6.04 Å². The summed E-state index contributed by atoms with van der Waals surface area (Å²) in [5.74, 6) is -0.136. The van der Waals surface area contributed by atoms with Crippen LogP contribution in [0.1, 0.15) is 23.6 Å². The van der Waals surface area contributed by atoms with E-state index in [2.05, 4.69) is 10.6 Å². The van der Waals surface area contributed by atoms with Crippen molar-refractivity contribution in [3.63, 3.8) is 0 Å². The second-order valence-corrected chi connectivity index (χ2v) is 6.63. The summed E-state index contributed by atoms with van der Waals surface area (Å²) in [4.78, 5) is 24.3. The molecule has 0 aliphatic carbocycles. The third-order valence-corrected chi connectivity index (χ3v) is 4.56. The molecule has 3 aromatic carbocycles. The molecule has 0 spiro atoms. The highest BCUT2D eigenvalue weighted by molar-refractivity contribution is 5.85. The first-order valence-corrected chi connectivity index (χ1v) is 9.40. The van der Waals surface area contributed by atoms with Crippen LogP contribution in [0, 0.1) is 0 Å². The Kier molecular flexibility index (Phi) is 6.96. The molecule has 0 bridgehead atoms. The number of hydrogen-bond donors (Lipinski definition) is 2. The van der Waals surface area contributed by atoms with Gasteiger partial charge in [0, 0.05) is 18.5 Å². The molecule has 2 atom stereocenters. The average molecular weight is 372 g/mol. The molecule has 0 saturated carbocycles. The van der Waals surface area contributed by atoms with Crippen LogP contribution in [0.15, 0.2) is 91.0 Å². The Labute approximate surface area is 165 Å². The highest BCUT2D eigenvalue weighted by Crippen LogP contribution is 2.17. The summed E-state index contributed by atoms with van der Waals surface area (Å²) in [5, 5.41) is 6.37. The third kappa shape index (κ3) is 5.55. The SMILES string of the molecule is O=CC[C@@H](NC(=O)[C@@H](Cc1ccccc1)Nc1ccccc1)c1ccccc1. The molecule has 1 amide bonds. The standard InChI is InChI=1S/C24H24N2O2/c27-17-16-22(20-12-6-2-7-13-20)26-24(28)23(18-19-10-4-1-5-11-19)25-21-14-8-3-9-15-21/h1-15,17,22-23,25H,16,18H2,(H,26,28)/t22-,23-/m1/s1. The lowest BCUT2D eigenvalue weighted by Crippen LogP contribution is -2.42. The van der Waals surface area contributed by atoms with E-state index in [9.17, 15) is 9.59 Å². The fourth-order valence-electron chi connectivity index (χ4n) is 3.13. The van der Waals surface area contributed by atoms with Gasteiger partial charge in [0.05, 0.1) is 6.04 Å². The van der Waals surface area contributed by atoms with Gasteiger partial charge in [-0.25, -0.2) is 0 Å². The smallest absolute Gasteiger partial charge is 0.243 e. The Bertz CT molecular complexity index is 825. The Morgan fingerprint density at radius 3 is 2.00 bits per heavy atom. The molecular weight excluding hydrogens is 348 g/mol. The highest BCUT2D eigenvalue weighted by atomic mass is 16.2. The van der Waals surface area contributed by atoms with Crippen LogP contribution in [0.2, 0.25) is 0 Å². The minimum atomic E-state index is -0.456. The molecule has 0 saturated heterocycles. The highest BCUT2D eigenvalue weighted by Gasteiger charge is 2.22. The number of carbonyl (C=O) groups is 2. The summed E-state index contributed by atoms with van der Waals surface area (Å²) < 4.78 is 0. The van der Waals surface area contributed by atoms with Crippen LogP contribution in [-0.4, -0.2) is 18.2 Å². The summed E-state index contributed by atoms with van der Waals surface area (Å²) >= 11 is 0. The Morgan fingerprint density at radius 2 is 1.39 bits per heavy atom. The lowest BCUT2D eigenvalue weighted by Gasteiger charge is -2.24. The van der Waals surface area contributed by atoms with Crippen molar-refractivity contribution in [3.05, 3.63) is 102 Å². The van der Waals surface area contributed by atoms with Crippen molar-refractivity contribution in [2.75, 3.05) is 5.32 Å². The zero-order chi connectivity index (χ0) is 19.6. The molecule has 4 nitrogen and oxygen atoms in total. The minimum Gasteiger partial charge on any atom is -0.373 e. The van der Waals surface area contributed by atoms with E-state index >= 15 is 0 Å². The Morgan fingerprint density at radius 1 is 0.821 bits per heavy atom. The van der Waals surface area contributed by atoms with Gasteiger partial charge in [0.2, 0.25) is 5.91 Å². The number of amides is 1. The fraction of sp³-hybridized carbons (Fsp3) is 0.167. The summed E-state index contributed by atoms with van der Waals surface area (Å²) in [5.41, 5.74) is 2.86. The van der Waals surface area contributed by atoms with E-state index in [1.807, 2.05) is 91.0 Å². The summed E-state index contributed by atoms with van der Waals surface area (Å²) in [7, 11) is 0. The van der Waals surface area contributed by atoms with Crippen LogP contribution in [0.25, 0.3) is 0 Å². The first kappa shape index (κ1) is 19.4. The molecule has 0 fully saturated rings. The van der Waals surface area contributed by atoms with Crippen molar-refractivity contribution in [2.24, 2.45) is 0 Å². The van der Waals surface area contributed by atoms with Gasteiger partial charge in [0.15, 0.2) is 0 Å². The number of hydrogen-bond acceptors (Lipinski definition) is 3. The van der Waals surface area contributed by atoms with Crippen LogP contribution in [0.4, 0.5) is 5.69 Å². The van der Waals surface area contributed by atoms with Crippen molar-refractivity contribution in [2.45, 2.75) is 24.9 Å². The van der Waals surface area contributed by atoms with Crippen LogP contribution >= 0.6 is 0 Å². The zero-order valence-corrected chi connectivity index (χ0v) is 15.6. The third-order valence-electron chi connectivity index (χ3n) is 4.56. The molecule has 3 rings (SSSR count). The number of benzene rings is 3.